The van der Waals surface area contributed by atoms with E-state index in [1.54, 1.807) is 12.3 Å². The van der Waals surface area contributed by atoms with E-state index in [0.717, 1.165) is 17.5 Å². The van der Waals surface area contributed by atoms with Crippen LogP contribution in [0.1, 0.15) is 13.3 Å². The number of carbonyl (C=O) groups is 2. The predicted octanol–water partition coefficient (Wildman–Crippen LogP) is -0.579. The van der Waals surface area contributed by atoms with Crippen molar-refractivity contribution in [3.63, 3.8) is 0 Å². The number of nitrogens with one attached hydrogen (secondary N) is 2. The highest BCUT2D eigenvalue weighted by Gasteiger charge is 2.33. The maximum Gasteiger partial charge on any atom is 0.322 e. The Hall–Kier alpha value is -1.21. The molecule has 0 aromatic carbocycles. The smallest absolute Gasteiger partial charge is 0.322 e. The standard InChI is InChI=1S/C8H12N2O4S/c1-5-4-15-8(14,10-5)2-6(11)9-3-7(12)13/h4,10,14H,2-3H2,1H3,(H,9,11)(H,12,13). The van der Waals surface area contributed by atoms with Crippen molar-refractivity contribution in [1.29, 1.82) is 0 Å². The van der Waals surface area contributed by atoms with Crippen molar-refractivity contribution >= 4 is 23.6 Å². The third-order valence-electron chi connectivity index (χ3n) is 1.66. The molecule has 0 aromatic rings. The first kappa shape index (κ1) is 11.9. The fourth-order valence-corrected chi connectivity index (χ4v) is 1.96. The Kier molecular flexibility index (Phi) is 3.59. The molecule has 7 heteroatoms. The number of hydrogen-bond acceptors (Lipinski definition) is 5. The molecule has 1 atom stereocenters. The number of rotatable bonds is 4. The zero-order valence-electron chi connectivity index (χ0n) is 8.11. The van der Waals surface area contributed by atoms with E-state index in [0.29, 0.717) is 0 Å². The van der Waals surface area contributed by atoms with Crippen molar-refractivity contribution in [2.24, 2.45) is 0 Å². The highest BCUT2D eigenvalue weighted by molar-refractivity contribution is 8.03. The number of carboxylic acids is 1. The third kappa shape index (κ3) is 3.80. The number of aliphatic carboxylic acids is 1. The fourth-order valence-electron chi connectivity index (χ4n) is 1.09. The average Bonchev–Trinajstić information content (AvgIpc) is 2.42. The summed E-state index contributed by atoms with van der Waals surface area (Å²) in [5.41, 5.74) is 0.772. The van der Waals surface area contributed by atoms with Crippen LogP contribution in [0.4, 0.5) is 0 Å². The number of thioether (sulfide) groups is 1. The zero-order chi connectivity index (χ0) is 11.5. The predicted molar refractivity (Wildman–Crippen MR) is 54.7 cm³/mol. The van der Waals surface area contributed by atoms with Crippen LogP contribution in [0.2, 0.25) is 0 Å². The second kappa shape index (κ2) is 4.54. The van der Waals surface area contributed by atoms with Crippen LogP contribution in [0.5, 0.6) is 0 Å². The van der Waals surface area contributed by atoms with Gasteiger partial charge in [-0.05, 0) is 12.3 Å². The Morgan fingerprint density at radius 1 is 1.67 bits per heavy atom. The molecule has 15 heavy (non-hydrogen) atoms. The van der Waals surface area contributed by atoms with E-state index >= 15 is 0 Å². The molecule has 0 radical (unpaired) electrons. The number of aliphatic hydroxyl groups is 1. The molecule has 1 aliphatic heterocycles. The largest absolute Gasteiger partial charge is 0.480 e. The minimum Gasteiger partial charge on any atom is -0.480 e. The molecule has 0 saturated heterocycles. The summed E-state index contributed by atoms with van der Waals surface area (Å²) in [6.45, 7) is 1.33. The molecule has 0 spiro atoms. The number of allylic oxidation sites excluding steroid dienone is 1. The molecule has 1 unspecified atom stereocenters. The first-order chi connectivity index (χ1) is 6.91. The van der Waals surface area contributed by atoms with Gasteiger partial charge in [-0.25, -0.2) is 0 Å². The molecule has 0 aromatic heterocycles. The molecule has 4 N–H and O–H groups in total. The van der Waals surface area contributed by atoms with E-state index in [2.05, 4.69) is 10.6 Å². The first-order valence-corrected chi connectivity index (χ1v) is 5.13. The van der Waals surface area contributed by atoms with E-state index in [4.69, 9.17) is 5.11 Å². The SMILES string of the molecule is CC1=CSC(O)(CC(=O)NCC(=O)O)N1. The Morgan fingerprint density at radius 2 is 2.33 bits per heavy atom. The summed E-state index contributed by atoms with van der Waals surface area (Å²) in [7, 11) is 0. The van der Waals surface area contributed by atoms with Gasteiger partial charge in [0.1, 0.15) is 6.54 Å². The van der Waals surface area contributed by atoms with E-state index in [1.165, 1.54) is 0 Å². The van der Waals surface area contributed by atoms with Crippen molar-refractivity contribution in [2.75, 3.05) is 6.54 Å². The van der Waals surface area contributed by atoms with Crippen molar-refractivity contribution in [3.8, 4) is 0 Å². The van der Waals surface area contributed by atoms with Crippen molar-refractivity contribution in [1.82, 2.24) is 10.6 Å². The van der Waals surface area contributed by atoms with Crippen LogP contribution in [0, 0.1) is 0 Å². The summed E-state index contributed by atoms with van der Waals surface area (Å²) in [6.07, 6.45) is -0.196. The van der Waals surface area contributed by atoms with Gasteiger partial charge in [-0.3, -0.25) is 9.59 Å². The maximum atomic E-state index is 11.2. The van der Waals surface area contributed by atoms with Gasteiger partial charge in [0.05, 0.1) is 6.42 Å². The molecule has 0 saturated carbocycles. The Morgan fingerprint density at radius 3 is 2.80 bits per heavy atom. The number of carbonyl (C=O) groups excluding carboxylic acids is 1. The summed E-state index contributed by atoms with van der Waals surface area (Å²) in [6, 6.07) is 0. The lowest BCUT2D eigenvalue weighted by Crippen LogP contribution is -2.43. The van der Waals surface area contributed by atoms with Gasteiger partial charge in [-0.2, -0.15) is 0 Å². The molecule has 0 aliphatic carbocycles. The highest BCUT2D eigenvalue weighted by atomic mass is 32.2. The van der Waals surface area contributed by atoms with E-state index < -0.39 is 23.5 Å². The van der Waals surface area contributed by atoms with Gasteiger partial charge in [-0.15, -0.1) is 0 Å². The minimum absolute atomic E-state index is 0.196. The topological polar surface area (TPSA) is 98.7 Å². The van der Waals surface area contributed by atoms with E-state index in [9.17, 15) is 14.7 Å². The van der Waals surface area contributed by atoms with Crippen molar-refractivity contribution in [3.05, 3.63) is 11.1 Å². The van der Waals surface area contributed by atoms with Crippen LogP contribution in [-0.4, -0.2) is 33.7 Å². The lowest BCUT2D eigenvalue weighted by Gasteiger charge is -2.22. The number of carboxylic acid groups (broad SMARTS) is 1. The summed E-state index contributed by atoms with van der Waals surface area (Å²) in [5.74, 6) is -1.63. The van der Waals surface area contributed by atoms with Gasteiger partial charge in [0.25, 0.3) is 0 Å². The van der Waals surface area contributed by atoms with Crippen LogP contribution >= 0.6 is 11.8 Å². The molecule has 0 fully saturated rings. The molecule has 0 bridgehead atoms. The van der Waals surface area contributed by atoms with Crippen LogP contribution in [0.15, 0.2) is 11.1 Å². The molecule has 1 rings (SSSR count). The minimum atomic E-state index is -1.35. The summed E-state index contributed by atoms with van der Waals surface area (Å²) in [5, 5.41) is 23.3. The zero-order valence-corrected chi connectivity index (χ0v) is 8.93. The second-order valence-corrected chi connectivity index (χ2v) is 4.32. The molecule has 1 heterocycles. The van der Waals surface area contributed by atoms with Crippen LogP contribution < -0.4 is 10.6 Å². The molecule has 1 aliphatic rings. The first-order valence-electron chi connectivity index (χ1n) is 4.25. The Bertz CT molecular complexity index is 318. The van der Waals surface area contributed by atoms with Gasteiger partial charge in [-0.1, -0.05) is 11.8 Å². The van der Waals surface area contributed by atoms with Crippen molar-refractivity contribution in [2.45, 2.75) is 18.4 Å². The summed E-state index contributed by atoms with van der Waals surface area (Å²) < 4.78 is 0. The van der Waals surface area contributed by atoms with Crippen LogP contribution in [-0.2, 0) is 9.59 Å². The number of amides is 1. The molecule has 84 valence electrons. The maximum absolute atomic E-state index is 11.2. The van der Waals surface area contributed by atoms with Crippen LogP contribution in [0.3, 0.4) is 0 Å². The summed E-state index contributed by atoms with van der Waals surface area (Å²) >= 11 is 1.09. The fraction of sp³-hybridized carbons (Fsp3) is 0.500. The molecular formula is C8H12N2O4S. The van der Waals surface area contributed by atoms with Gasteiger partial charge in [0, 0.05) is 5.70 Å². The highest BCUT2D eigenvalue weighted by Crippen LogP contribution is 2.31. The van der Waals surface area contributed by atoms with E-state index in [-0.39, 0.29) is 6.42 Å². The van der Waals surface area contributed by atoms with Crippen LogP contribution in [0.25, 0.3) is 0 Å². The Labute approximate surface area is 90.7 Å². The lowest BCUT2D eigenvalue weighted by molar-refractivity contribution is -0.138. The monoisotopic (exact) mass is 232 g/mol. The molecule has 1 amide bonds. The van der Waals surface area contributed by atoms with Crippen molar-refractivity contribution < 1.29 is 19.8 Å². The third-order valence-corrected chi connectivity index (χ3v) is 2.77. The quantitative estimate of drug-likeness (QED) is 0.517. The molecular weight excluding hydrogens is 220 g/mol. The van der Waals surface area contributed by atoms with Gasteiger partial charge in [0.15, 0.2) is 5.06 Å². The van der Waals surface area contributed by atoms with Gasteiger partial charge in [0.2, 0.25) is 5.91 Å². The second-order valence-electron chi connectivity index (χ2n) is 3.18. The normalized spacial score (nSPS) is 24.3. The average molecular weight is 232 g/mol. The molecule has 6 nitrogen and oxygen atoms in total. The lowest BCUT2D eigenvalue weighted by atomic mass is 10.3. The summed E-state index contributed by atoms with van der Waals surface area (Å²) in [4.78, 5) is 21.4. The Balaban J connectivity index is 2.35. The van der Waals surface area contributed by atoms with E-state index in [1.807, 2.05) is 0 Å². The van der Waals surface area contributed by atoms with Gasteiger partial charge >= 0.3 is 5.97 Å². The number of hydrogen-bond donors (Lipinski definition) is 4. The van der Waals surface area contributed by atoms with Gasteiger partial charge < -0.3 is 20.8 Å².